The molecule has 0 aliphatic carbocycles. The standard InChI is InChI=1S/C10H8BrNO2/c11-8-1-3-9(4-2-8)12-5-6-14-10(13)7-12/h1-6H,7H2. The van der Waals surface area contributed by atoms with Gasteiger partial charge in [-0.15, -0.1) is 0 Å². The van der Waals surface area contributed by atoms with Gasteiger partial charge in [-0.05, 0) is 24.3 Å². The molecule has 0 N–H and O–H groups in total. The number of nitrogens with zero attached hydrogens (tertiary/aromatic N) is 1. The molecule has 1 aliphatic rings. The number of anilines is 1. The van der Waals surface area contributed by atoms with Crippen LogP contribution in [-0.4, -0.2) is 12.5 Å². The molecular formula is C10H8BrNO2. The van der Waals surface area contributed by atoms with E-state index in [1.165, 1.54) is 6.26 Å². The zero-order valence-electron chi connectivity index (χ0n) is 7.31. The Hall–Kier alpha value is -1.29. The van der Waals surface area contributed by atoms with E-state index in [9.17, 15) is 4.79 Å². The number of ether oxygens (including phenoxy) is 1. The van der Waals surface area contributed by atoms with Crippen LogP contribution in [0.25, 0.3) is 0 Å². The van der Waals surface area contributed by atoms with Gasteiger partial charge in [-0.3, -0.25) is 0 Å². The fourth-order valence-electron chi connectivity index (χ4n) is 1.22. The molecule has 3 nitrogen and oxygen atoms in total. The van der Waals surface area contributed by atoms with Crippen molar-refractivity contribution < 1.29 is 9.53 Å². The van der Waals surface area contributed by atoms with Gasteiger partial charge in [-0.25, -0.2) is 4.79 Å². The van der Waals surface area contributed by atoms with Crippen LogP contribution >= 0.6 is 15.9 Å². The molecule has 0 saturated heterocycles. The van der Waals surface area contributed by atoms with Crippen LogP contribution in [0.15, 0.2) is 41.2 Å². The minimum atomic E-state index is -0.240. The Bertz CT molecular complexity index is 372. The van der Waals surface area contributed by atoms with Crippen molar-refractivity contribution in [2.45, 2.75) is 0 Å². The summed E-state index contributed by atoms with van der Waals surface area (Å²) < 4.78 is 5.70. The van der Waals surface area contributed by atoms with Crippen molar-refractivity contribution in [1.29, 1.82) is 0 Å². The lowest BCUT2D eigenvalue weighted by Crippen LogP contribution is -2.28. The van der Waals surface area contributed by atoms with Gasteiger partial charge in [0.25, 0.3) is 0 Å². The summed E-state index contributed by atoms with van der Waals surface area (Å²) in [6.45, 7) is 0.262. The maximum Gasteiger partial charge on any atom is 0.330 e. The third kappa shape index (κ3) is 1.96. The van der Waals surface area contributed by atoms with Gasteiger partial charge in [0.2, 0.25) is 0 Å². The lowest BCUT2D eigenvalue weighted by atomic mass is 10.3. The van der Waals surface area contributed by atoms with E-state index in [1.807, 2.05) is 29.2 Å². The van der Waals surface area contributed by atoms with Gasteiger partial charge < -0.3 is 9.64 Å². The molecule has 1 heterocycles. The van der Waals surface area contributed by atoms with E-state index in [2.05, 4.69) is 20.7 Å². The van der Waals surface area contributed by atoms with Gasteiger partial charge in [0, 0.05) is 16.4 Å². The topological polar surface area (TPSA) is 29.5 Å². The highest BCUT2D eigenvalue weighted by Gasteiger charge is 2.13. The fraction of sp³-hybridized carbons (Fsp3) is 0.100. The van der Waals surface area contributed by atoms with Crippen LogP contribution in [0.2, 0.25) is 0 Å². The molecule has 0 aromatic heterocycles. The number of esters is 1. The number of rotatable bonds is 1. The molecule has 4 heteroatoms. The maximum absolute atomic E-state index is 11.0. The second kappa shape index (κ2) is 3.84. The van der Waals surface area contributed by atoms with Gasteiger partial charge in [0.1, 0.15) is 12.8 Å². The first-order valence-corrected chi connectivity index (χ1v) is 4.93. The number of hydrogen-bond acceptors (Lipinski definition) is 3. The summed E-state index contributed by atoms with van der Waals surface area (Å²) in [5.41, 5.74) is 0.973. The predicted molar refractivity (Wildman–Crippen MR) is 56.7 cm³/mol. The highest BCUT2D eigenvalue weighted by Crippen LogP contribution is 2.19. The summed E-state index contributed by atoms with van der Waals surface area (Å²) in [4.78, 5) is 12.8. The number of benzene rings is 1. The number of carbonyl (C=O) groups is 1. The highest BCUT2D eigenvalue weighted by atomic mass is 79.9. The molecule has 1 aliphatic heterocycles. The van der Waals surface area contributed by atoms with E-state index in [0.29, 0.717) is 0 Å². The lowest BCUT2D eigenvalue weighted by Gasteiger charge is -2.21. The molecule has 0 fully saturated rings. The Kier molecular flexibility index (Phi) is 2.54. The second-order valence-electron chi connectivity index (χ2n) is 2.88. The highest BCUT2D eigenvalue weighted by molar-refractivity contribution is 9.10. The SMILES string of the molecule is O=C1CN(c2ccc(Br)cc2)C=CO1. The smallest absolute Gasteiger partial charge is 0.330 e. The van der Waals surface area contributed by atoms with E-state index < -0.39 is 0 Å². The number of hydrogen-bond donors (Lipinski definition) is 0. The Labute approximate surface area is 90.1 Å². The van der Waals surface area contributed by atoms with Crippen LogP contribution in [0, 0.1) is 0 Å². The van der Waals surface area contributed by atoms with Gasteiger partial charge in [-0.2, -0.15) is 0 Å². The first kappa shape index (κ1) is 9.27. The Balaban J connectivity index is 2.22. The van der Waals surface area contributed by atoms with Crippen LogP contribution in [0.4, 0.5) is 5.69 Å². The van der Waals surface area contributed by atoms with Gasteiger partial charge >= 0.3 is 5.97 Å². The number of halogens is 1. The molecule has 0 bridgehead atoms. The Morgan fingerprint density at radius 3 is 2.64 bits per heavy atom. The molecular weight excluding hydrogens is 246 g/mol. The summed E-state index contributed by atoms with van der Waals surface area (Å²) in [5, 5.41) is 0. The molecule has 14 heavy (non-hydrogen) atoms. The van der Waals surface area contributed by atoms with Crippen LogP contribution in [-0.2, 0) is 9.53 Å². The summed E-state index contributed by atoms with van der Waals surface area (Å²) in [5.74, 6) is -0.240. The molecule has 1 aromatic carbocycles. The second-order valence-corrected chi connectivity index (χ2v) is 3.80. The molecule has 1 aromatic rings. The summed E-state index contributed by atoms with van der Waals surface area (Å²) in [7, 11) is 0. The van der Waals surface area contributed by atoms with Crippen molar-refractivity contribution in [3.63, 3.8) is 0 Å². The van der Waals surface area contributed by atoms with Crippen molar-refractivity contribution in [3.8, 4) is 0 Å². The van der Waals surface area contributed by atoms with Crippen molar-refractivity contribution in [2.75, 3.05) is 11.4 Å². The summed E-state index contributed by atoms with van der Waals surface area (Å²) >= 11 is 3.35. The third-order valence-electron chi connectivity index (χ3n) is 1.90. The van der Waals surface area contributed by atoms with E-state index in [0.717, 1.165) is 10.2 Å². The minimum absolute atomic E-state index is 0.240. The average Bonchev–Trinajstić information content (AvgIpc) is 2.19. The molecule has 0 spiro atoms. The monoisotopic (exact) mass is 253 g/mol. The predicted octanol–water partition coefficient (Wildman–Crippen LogP) is 2.28. The van der Waals surface area contributed by atoms with Crippen LogP contribution in [0.3, 0.4) is 0 Å². The molecule has 0 radical (unpaired) electrons. The van der Waals surface area contributed by atoms with E-state index in [-0.39, 0.29) is 12.5 Å². The summed E-state index contributed by atoms with van der Waals surface area (Å²) in [6.07, 6.45) is 3.14. The fourth-order valence-corrected chi connectivity index (χ4v) is 1.48. The third-order valence-corrected chi connectivity index (χ3v) is 2.43. The molecule has 0 unspecified atom stereocenters. The lowest BCUT2D eigenvalue weighted by molar-refractivity contribution is -0.136. The zero-order valence-corrected chi connectivity index (χ0v) is 8.90. The van der Waals surface area contributed by atoms with Crippen LogP contribution < -0.4 is 4.90 Å². The minimum Gasteiger partial charge on any atom is -0.432 e. The maximum atomic E-state index is 11.0. The van der Waals surface area contributed by atoms with E-state index in [1.54, 1.807) is 6.20 Å². The number of cyclic esters (lactones) is 1. The normalized spacial score (nSPS) is 15.5. The van der Waals surface area contributed by atoms with Crippen molar-refractivity contribution >= 4 is 27.6 Å². The summed E-state index contributed by atoms with van der Waals surface area (Å²) in [6, 6.07) is 7.74. The van der Waals surface area contributed by atoms with Gasteiger partial charge in [-0.1, -0.05) is 15.9 Å². The largest absolute Gasteiger partial charge is 0.432 e. The van der Waals surface area contributed by atoms with Crippen molar-refractivity contribution in [2.24, 2.45) is 0 Å². The van der Waals surface area contributed by atoms with Crippen molar-refractivity contribution in [1.82, 2.24) is 0 Å². The van der Waals surface area contributed by atoms with Crippen LogP contribution in [0.1, 0.15) is 0 Å². The zero-order chi connectivity index (χ0) is 9.97. The first-order chi connectivity index (χ1) is 6.75. The van der Waals surface area contributed by atoms with E-state index in [4.69, 9.17) is 0 Å². The molecule has 0 saturated carbocycles. The molecule has 0 amide bonds. The van der Waals surface area contributed by atoms with Crippen molar-refractivity contribution in [3.05, 3.63) is 41.2 Å². The Morgan fingerprint density at radius 1 is 1.29 bits per heavy atom. The quantitative estimate of drug-likeness (QED) is 0.720. The Morgan fingerprint density at radius 2 is 2.00 bits per heavy atom. The van der Waals surface area contributed by atoms with E-state index >= 15 is 0 Å². The molecule has 2 rings (SSSR count). The molecule has 0 atom stereocenters. The van der Waals surface area contributed by atoms with Gasteiger partial charge in [0.15, 0.2) is 0 Å². The average molecular weight is 254 g/mol. The van der Waals surface area contributed by atoms with Crippen LogP contribution in [0.5, 0.6) is 0 Å². The van der Waals surface area contributed by atoms with Gasteiger partial charge in [0.05, 0.1) is 0 Å². The number of carbonyl (C=O) groups excluding carboxylic acids is 1. The first-order valence-electron chi connectivity index (χ1n) is 4.14. The molecule has 72 valence electrons.